The Kier molecular flexibility index (Phi) is 5.71. The molecular formula is C17H24INO3. The number of nitrogens with zero attached hydrogens (tertiary/aromatic N) is 1. The minimum absolute atomic E-state index is 0.0568. The Labute approximate surface area is 146 Å². The molecule has 1 heterocycles. The molecule has 0 bridgehead atoms. The van der Waals surface area contributed by atoms with Crippen molar-refractivity contribution in [2.45, 2.75) is 45.3 Å². The van der Waals surface area contributed by atoms with E-state index in [0.717, 1.165) is 6.42 Å². The van der Waals surface area contributed by atoms with Gasteiger partial charge in [-0.1, -0.05) is 12.1 Å². The number of hydrogen-bond donors (Lipinski definition) is 1. The highest BCUT2D eigenvalue weighted by Gasteiger charge is 2.32. The third-order valence-corrected chi connectivity index (χ3v) is 4.48. The number of carbonyl (C=O) groups is 1. The fourth-order valence-electron chi connectivity index (χ4n) is 2.64. The van der Waals surface area contributed by atoms with E-state index in [1.165, 1.54) is 9.13 Å². The topological polar surface area (TPSA) is 49.8 Å². The first-order chi connectivity index (χ1) is 10.2. The van der Waals surface area contributed by atoms with Crippen LogP contribution in [0.1, 0.15) is 32.8 Å². The molecular weight excluding hydrogens is 393 g/mol. The fourth-order valence-corrected chi connectivity index (χ4v) is 3.00. The second-order valence-corrected chi connectivity index (χ2v) is 8.12. The van der Waals surface area contributed by atoms with E-state index in [9.17, 15) is 9.90 Å². The molecule has 2 atom stereocenters. The van der Waals surface area contributed by atoms with Gasteiger partial charge in [0.1, 0.15) is 5.60 Å². The van der Waals surface area contributed by atoms with Gasteiger partial charge in [0.05, 0.1) is 6.10 Å². The summed E-state index contributed by atoms with van der Waals surface area (Å²) in [6.07, 6.45) is 0.732. The second kappa shape index (κ2) is 7.17. The van der Waals surface area contributed by atoms with Crippen molar-refractivity contribution in [2.24, 2.45) is 5.92 Å². The minimum Gasteiger partial charge on any atom is -0.444 e. The lowest BCUT2D eigenvalue weighted by molar-refractivity contribution is -0.00823. The van der Waals surface area contributed by atoms with Crippen LogP contribution in [0.25, 0.3) is 0 Å². The predicted molar refractivity (Wildman–Crippen MR) is 94.8 cm³/mol. The Morgan fingerprint density at radius 3 is 2.59 bits per heavy atom. The van der Waals surface area contributed by atoms with E-state index >= 15 is 0 Å². The van der Waals surface area contributed by atoms with Gasteiger partial charge in [0.2, 0.25) is 0 Å². The Bertz CT molecular complexity index is 510. The monoisotopic (exact) mass is 417 g/mol. The van der Waals surface area contributed by atoms with E-state index < -0.39 is 5.60 Å². The van der Waals surface area contributed by atoms with Crippen molar-refractivity contribution in [1.29, 1.82) is 0 Å². The Morgan fingerprint density at radius 1 is 1.36 bits per heavy atom. The normalized spacial score (nSPS) is 22.5. The molecule has 1 aliphatic heterocycles. The highest BCUT2D eigenvalue weighted by molar-refractivity contribution is 14.1. The Morgan fingerprint density at radius 2 is 2.00 bits per heavy atom. The number of amides is 1. The zero-order chi connectivity index (χ0) is 16.3. The van der Waals surface area contributed by atoms with E-state index in [1.807, 2.05) is 20.8 Å². The number of ether oxygens (including phenoxy) is 1. The molecule has 2 unspecified atom stereocenters. The summed E-state index contributed by atoms with van der Waals surface area (Å²) >= 11 is 2.28. The van der Waals surface area contributed by atoms with E-state index in [1.54, 1.807) is 4.90 Å². The van der Waals surface area contributed by atoms with Crippen molar-refractivity contribution in [2.75, 3.05) is 13.1 Å². The maximum Gasteiger partial charge on any atom is 0.410 e. The van der Waals surface area contributed by atoms with Crippen molar-refractivity contribution in [1.82, 2.24) is 4.90 Å². The summed E-state index contributed by atoms with van der Waals surface area (Å²) in [5, 5.41) is 10.2. The molecule has 122 valence electrons. The lowest BCUT2D eigenvalue weighted by atomic mass is 9.89. The Hall–Kier alpha value is -0.820. The molecule has 1 saturated heterocycles. The number of benzene rings is 1. The molecule has 0 saturated carbocycles. The summed E-state index contributed by atoms with van der Waals surface area (Å²) in [5.74, 6) is 0.0568. The molecule has 1 N–H and O–H groups in total. The van der Waals surface area contributed by atoms with Crippen molar-refractivity contribution in [3.63, 3.8) is 0 Å². The molecule has 1 aromatic carbocycles. The van der Waals surface area contributed by atoms with Gasteiger partial charge < -0.3 is 14.7 Å². The predicted octanol–water partition coefficient (Wildman–Crippen LogP) is 3.45. The van der Waals surface area contributed by atoms with Gasteiger partial charge in [0, 0.05) is 22.6 Å². The molecule has 1 fully saturated rings. The maximum atomic E-state index is 12.2. The number of halogens is 1. The smallest absolute Gasteiger partial charge is 0.410 e. The van der Waals surface area contributed by atoms with Crippen LogP contribution in [0.5, 0.6) is 0 Å². The van der Waals surface area contributed by atoms with Crippen molar-refractivity contribution in [3.8, 4) is 0 Å². The highest BCUT2D eigenvalue weighted by atomic mass is 127. The summed E-state index contributed by atoms with van der Waals surface area (Å²) < 4.78 is 6.63. The molecule has 0 radical (unpaired) electrons. The number of carbonyl (C=O) groups excluding carboxylic acids is 1. The molecule has 0 aliphatic carbocycles. The molecule has 1 aromatic rings. The number of piperidine rings is 1. The maximum absolute atomic E-state index is 12.2. The van der Waals surface area contributed by atoms with Gasteiger partial charge in [-0.2, -0.15) is 0 Å². The quantitative estimate of drug-likeness (QED) is 0.751. The van der Waals surface area contributed by atoms with E-state index in [-0.39, 0.29) is 18.1 Å². The molecule has 5 heteroatoms. The largest absolute Gasteiger partial charge is 0.444 e. The van der Waals surface area contributed by atoms with Crippen molar-refractivity contribution in [3.05, 3.63) is 33.4 Å². The lowest BCUT2D eigenvalue weighted by Crippen LogP contribution is -2.48. The van der Waals surface area contributed by atoms with E-state index in [4.69, 9.17) is 4.74 Å². The lowest BCUT2D eigenvalue weighted by Gasteiger charge is -2.37. The van der Waals surface area contributed by atoms with Crippen LogP contribution in [0.2, 0.25) is 0 Å². The Balaban J connectivity index is 1.98. The van der Waals surface area contributed by atoms with Crippen molar-refractivity contribution >= 4 is 28.7 Å². The SMILES string of the molecule is CC(C)(C)OC(=O)N1CCC(O)C(Cc2ccc(I)cc2)C1. The number of rotatable bonds is 2. The number of aliphatic hydroxyl groups is 1. The first-order valence-corrected chi connectivity index (χ1v) is 8.73. The molecule has 2 rings (SSSR count). The van der Waals surface area contributed by atoms with Crippen LogP contribution in [0.3, 0.4) is 0 Å². The minimum atomic E-state index is -0.487. The zero-order valence-electron chi connectivity index (χ0n) is 13.4. The fraction of sp³-hybridized carbons (Fsp3) is 0.588. The average Bonchev–Trinajstić information content (AvgIpc) is 2.41. The number of hydrogen-bond acceptors (Lipinski definition) is 3. The standard InChI is InChI=1S/C17H24INO3/c1-17(2,3)22-16(21)19-9-8-15(20)13(11-19)10-12-4-6-14(18)7-5-12/h4-7,13,15,20H,8-11H2,1-3H3. The van der Waals surface area contributed by atoms with Crippen LogP contribution in [0.15, 0.2) is 24.3 Å². The summed E-state index contributed by atoms with van der Waals surface area (Å²) in [5.41, 5.74) is 0.703. The van der Waals surface area contributed by atoms with Crippen LogP contribution in [-0.4, -0.2) is 40.9 Å². The van der Waals surface area contributed by atoms with Crippen LogP contribution < -0.4 is 0 Å². The molecule has 22 heavy (non-hydrogen) atoms. The third kappa shape index (κ3) is 5.12. The molecule has 0 spiro atoms. The first-order valence-electron chi connectivity index (χ1n) is 7.65. The van der Waals surface area contributed by atoms with Crippen molar-refractivity contribution < 1.29 is 14.6 Å². The molecule has 0 aromatic heterocycles. The third-order valence-electron chi connectivity index (χ3n) is 3.76. The van der Waals surface area contributed by atoms with Gasteiger partial charge >= 0.3 is 6.09 Å². The van der Waals surface area contributed by atoms with Crippen LogP contribution in [0.4, 0.5) is 4.79 Å². The second-order valence-electron chi connectivity index (χ2n) is 6.87. The van der Waals surface area contributed by atoms with E-state index in [2.05, 4.69) is 46.9 Å². The van der Waals surface area contributed by atoms with Gasteiger partial charge in [-0.05, 0) is 73.9 Å². The van der Waals surface area contributed by atoms with Gasteiger partial charge in [-0.15, -0.1) is 0 Å². The first kappa shape index (κ1) is 17.5. The summed E-state index contributed by atoms with van der Waals surface area (Å²) in [6.45, 7) is 6.70. The van der Waals surface area contributed by atoms with Crippen LogP contribution in [0, 0.1) is 9.49 Å². The molecule has 4 nitrogen and oxygen atoms in total. The van der Waals surface area contributed by atoms with E-state index in [0.29, 0.717) is 19.5 Å². The van der Waals surface area contributed by atoms with Gasteiger partial charge in [-0.25, -0.2) is 4.79 Å². The summed E-state index contributed by atoms with van der Waals surface area (Å²) in [7, 11) is 0. The van der Waals surface area contributed by atoms with Crippen LogP contribution in [-0.2, 0) is 11.2 Å². The summed E-state index contributed by atoms with van der Waals surface area (Å²) in [6, 6.07) is 8.30. The van der Waals surface area contributed by atoms with Gasteiger partial charge in [0.25, 0.3) is 0 Å². The highest BCUT2D eigenvalue weighted by Crippen LogP contribution is 2.23. The number of aliphatic hydroxyl groups excluding tert-OH is 1. The average molecular weight is 417 g/mol. The molecule has 1 amide bonds. The zero-order valence-corrected chi connectivity index (χ0v) is 15.5. The van der Waals surface area contributed by atoms with Gasteiger partial charge in [-0.3, -0.25) is 0 Å². The summed E-state index contributed by atoms with van der Waals surface area (Å²) in [4.78, 5) is 13.9. The molecule has 1 aliphatic rings. The van der Waals surface area contributed by atoms with Gasteiger partial charge in [0.15, 0.2) is 0 Å². The number of likely N-dealkylation sites (tertiary alicyclic amines) is 1. The van der Waals surface area contributed by atoms with Crippen LogP contribution >= 0.6 is 22.6 Å².